The van der Waals surface area contributed by atoms with E-state index in [0.29, 0.717) is 0 Å². The van der Waals surface area contributed by atoms with Crippen molar-refractivity contribution in [2.45, 2.75) is 0 Å². The molecule has 516 valence electrons. The van der Waals surface area contributed by atoms with Gasteiger partial charge in [0, 0.05) is 0 Å². The molecule has 0 aliphatic rings. The van der Waals surface area contributed by atoms with Gasteiger partial charge in [0.1, 0.15) is 52.4 Å². The Balaban J connectivity index is 1.56. The Bertz CT molecular complexity index is 4380. The zero-order valence-corrected chi connectivity index (χ0v) is 44.6. The van der Waals surface area contributed by atoms with Crippen molar-refractivity contribution < 1.29 is 171 Å². The van der Waals surface area contributed by atoms with E-state index in [2.05, 4.69) is 15.0 Å². The summed E-state index contributed by atoms with van der Waals surface area (Å²) in [6.45, 7) is 0. The fourth-order valence-corrected chi connectivity index (χ4v) is 9.56. The van der Waals surface area contributed by atoms with E-state index in [0.717, 1.165) is 0 Å². The second-order valence-electron chi connectivity index (χ2n) is 19.2. The molecule has 42 heteroatoms. The van der Waals surface area contributed by atoms with Crippen molar-refractivity contribution in [3.05, 3.63) is 227 Å². The molecule has 9 aromatic carbocycles. The smallest absolute Gasteiger partial charge is 0.200 e. The minimum absolute atomic E-state index is 2.63. The molecule has 0 saturated heterocycles. The molecule has 0 aliphatic heterocycles. The number of halogens is 39. The summed E-state index contributed by atoms with van der Waals surface area (Å²) in [5.74, 6) is -152. The van der Waals surface area contributed by atoms with Crippen LogP contribution in [0.2, 0.25) is 0 Å². The highest BCUT2D eigenvalue weighted by Gasteiger charge is 2.45. The molecule has 0 N–H and O–H groups in total. The van der Waals surface area contributed by atoms with E-state index in [4.69, 9.17) is 0 Å². The highest BCUT2D eigenvalue weighted by molar-refractivity contribution is 5.88. The molecule has 0 unspecified atom stereocenters. The summed E-state index contributed by atoms with van der Waals surface area (Å²) in [4.78, 5) is 7.88. The fraction of sp³-hybridized carbons (Fsp3) is 0. The van der Waals surface area contributed by atoms with Gasteiger partial charge in [-0.3, -0.25) is 0 Å². The molecule has 0 saturated carbocycles. The molecule has 10 aromatic rings. The van der Waals surface area contributed by atoms with Crippen molar-refractivity contribution >= 4 is 0 Å². The molecule has 0 fully saturated rings. The summed E-state index contributed by atoms with van der Waals surface area (Å²) >= 11 is 0. The standard InChI is InChI=1S/C57F39N3/c58-16-1(7-25(67)37(79)49(91)38(80)26(7)68)19(61)13(20(62)2(16)8-27(69)39(81)50(92)40(82)28(8)70)55-97-56(14-21(63)3(9-29(71)41(83)51(93)42(84)30(9)72)17(59)4(22(14)64)10-31(73)43(85)52(94)44(86)32(10)74)99-57(98-55)15-23(65)5(11-33(75)45(87)53(95)46(88)34(11)76)18(60)6(24(15)66)12-35(77)47(89)54(96)48(90)36(12)78. The van der Waals surface area contributed by atoms with Crippen LogP contribution in [0.5, 0.6) is 0 Å². The normalized spacial score (nSPS) is 11.8. The topological polar surface area (TPSA) is 38.7 Å². The van der Waals surface area contributed by atoms with Crippen molar-refractivity contribution in [2.24, 2.45) is 0 Å². The molecular formula is C57F39N3. The van der Waals surface area contributed by atoms with Crippen LogP contribution in [-0.2, 0) is 0 Å². The summed E-state index contributed by atoms with van der Waals surface area (Å²) in [6, 6.07) is 0. The first kappa shape index (κ1) is 71.0. The van der Waals surface area contributed by atoms with Crippen molar-refractivity contribution in [1.82, 2.24) is 15.0 Å². The van der Waals surface area contributed by atoms with Crippen molar-refractivity contribution in [3.8, 4) is 101 Å². The Morgan fingerprint density at radius 1 is 0.0808 bits per heavy atom. The van der Waals surface area contributed by atoms with Crippen LogP contribution in [0.3, 0.4) is 0 Å². The number of hydrogen-bond donors (Lipinski definition) is 0. The lowest BCUT2D eigenvalue weighted by Gasteiger charge is -2.21. The van der Waals surface area contributed by atoms with Crippen LogP contribution in [-0.4, -0.2) is 15.0 Å². The Labute approximate surface area is 513 Å². The van der Waals surface area contributed by atoms with E-state index in [-0.39, 0.29) is 0 Å². The van der Waals surface area contributed by atoms with Crippen LogP contribution >= 0.6 is 0 Å². The molecule has 0 atom stereocenters. The number of rotatable bonds is 9. The summed E-state index contributed by atoms with van der Waals surface area (Å²) in [6.07, 6.45) is 0. The lowest BCUT2D eigenvalue weighted by Crippen LogP contribution is -2.15. The predicted molar refractivity (Wildman–Crippen MR) is 247 cm³/mol. The number of nitrogens with zero attached hydrogens (tertiary/aromatic N) is 3. The molecule has 0 radical (unpaired) electrons. The number of aromatic nitrogens is 3. The van der Waals surface area contributed by atoms with Crippen molar-refractivity contribution in [3.63, 3.8) is 0 Å². The van der Waals surface area contributed by atoms with Gasteiger partial charge in [-0.2, -0.15) is 0 Å². The molecule has 0 bridgehead atoms. The molecular weight excluding hydrogens is 1470 g/mol. The molecule has 99 heavy (non-hydrogen) atoms. The van der Waals surface area contributed by atoms with Gasteiger partial charge in [0.15, 0.2) is 157 Å². The van der Waals surface area contributed by atoms with Crippen LogP contribution in [0, 0.1) is 227 Å². The second-order valence-corrected chi connectivity index (χ2v) is 19.2. The van der Waals surface area contributed by atoms with Gasteiger partial charge in [-0.1, -0.05) is 0 Å². The van der Waals surface area contributed by atoms with Crippen LogP contribution in [0.4, 0.5) is 171 Å². The molecule has 3 nitrogen and oxygen atoms in total. The molecule has 1 heterocycles. The van der Waals surface area contributed by atoms with E-state index in [1.807, 2.05) is 0 Å². The first-order chi connectivity index (χ1) is 46.0. The van der Waals surface area contributed by atoms with Crippen molar-refractivity contribution in [2.75, 3.05) is 0 Å². The maximum absolute atomic E-state index is 17.6. The maximum atomic E-state index is 17.6. The van der Waals surface area contributed by atoms with Gasteiger partial charge in [0.05, 0.1) is 83.5 Å². The summed E-state index contributed by atoms with van der Waals surface area (Å²) in [5, 5.41) is 0. The lowest BCUT2D eigenvalue weighted by atomic mass is 9.90. The van der Waals surface area contributed by atoms with Gasteiger partial charge in [-0.05, 0) is 0 Å². The zero-order chi connectivity index (χ0) is 74.0. The molecule has 1 aromatic heterocycles. The minimum Gasteiger partial charge on any atom is -0.208 e. The van der Waals surface area contributed by atoms with Crippen molar-refractivity contribution in [1.29, 1.82) is 0 Å². The highest BCUT2D eigenvalue weighted by Crippen LogP contribution is 2.52. The summed E-state index contributed by atoms with van der Waals surface area (Å²) in [5.41, 5.74) is -52.0. The third-order valence-corrected chi connectivity index (χ3v) is 14.0. The Morgan fingerprint density at radius 2 is 0.152 bits per heavy atom. The number of hydrogen-bond acceptors (Lipinski definition) is 3. The zero-order valence-electron chi connectivity index (χ0n) is 44.6. The average Bonchev–Trinajstić information content (AvgIpc) is 0.723. The van der Waals surface area contributed by atoms with Crippen LogP contribution in [0.15, 0.2) is 0 Å². The minimum atomic E-state index is -3.88. The predicted octanol–water partition coefficient (Wildman–Crippen LogP) is 20.3. The van der Waals surface area contributed by atoms with Gasteiger partial charge < -0.3 is 0 Å². The van der Waals surface area contributed by atoms with Crippen LogP contribution in [0.1, 0.15) is 0 Å². The number of benzene rings is 9. The molecule has 10 rings (SSSR count). The maximum Gasteiger partial charge on any atom is 0.200 e. The summed E-state index contributed by atoms with van der Waals surface area (Å²) in [7, 11) is 0. The quantitative estimate of drug-likeness (QED) is 0.0821. The van der Waals surface area contributed by atoms with E-state index >= 15 is 92.2 Å². The van der Waals surface area contributed by atoms with Gasteiger partial charge in [-0.15, -0.1) is 0 Å². The average molecular weight is 1470 g/mol. The van der Waals surface area contributed by atoms with Gasteiger partial charge >= 0.3 is 0 Å². The third-order valence-electron chi connectivity index (χ3n) is 14.0. The van der Waals surface area contributed by atoms with E-state index < -0.39 is 328 Å². The SMILES string of the molecule is Fc1c(F)c(F)c(-c2c(F)c(-c3nc(-c4c(F)c(-c5c(F)c(F)c(F)c(F)c5F)c(F)c(-c5c(F)c(F)c(F)c(F)c5F)c4F)nc(-c4c(F)c(-c5c(F)c(F)c(F)c(F)c5F)c(F)c(-c5c(F)c(F)c(F)c(F)c5F)c4F)n3)c(F)c(-c3c(F)c(F)c(F)c(F)c3F)c2F)c(F)c1F. The van der Waals surface area contributed by atoms with E-state index in [9.17, 15) is 79.0 Å². The largest absolute Gasteiger partial charge is 0.208 e. The first-order valence-corrected chi connectivity index (χ1v) is 24.5. The van der Waals surface area contributed by atoms with Gasteiger partial charge in [-0.25, -0.2) is 186 Å². The fourth-order valence-electron chi connectivity index (χ4n) is 9.56. The molecule has 0 aliphatic carbocycles. The van der Waals surface area contributed by atoms with Gasteiger partial charge in [0.2, 0.25) is 34.9 Å². The first-order valence-electron chi connectivity index (χ1n) is 24.5. The Kier molecular flexibility index (Phi) is 17.5. The highest BCUT2D eigenvalue weighted by atomic mass is 19.2. The molecule has 0 amide bonds. The van der Waals surface area contributed by atoms with E-state index in [1.54, 1.807) is 0 Å². The van der Waals surface area contributed by atoms with Crippen LogP contribution < -0.4 is 0 Å². The monoisotopic (exact) mass is 1470 g/mol. The third kappa shape index (κ3) is 9.89. The molecule has 0 spiro atoms. The summed E-state index contributed by atoms with van der Waals surface area (Å²) < 4.78 is 612. The lowest BCUT2D eigenvalue weighted by molar-refractivity contribution is 0.379. The van der Waals surface area contributed by atoms with Crippen LogP contribution in [0.25, 0.3) is 101 Å². The Hall–Kier alpha value is -10.7. The van der Waals surface area contributed by atoms with Gasteiger partial charge in [0.25, 0.3) is 0 Å². The second kappa shape index (κ2) is 24.4. The Morgan fingerprint density at radius 3 is 0.253 bits per heavy atom. The van der Waals surface area contributed by atoms with E-state index in [1.165, 1.54) is 0 Å².